The molecule has 0 bridgehead atoms. The van der Waals surface area contributed by atoms with Crippen LogP contribution in [0.1, 0.15) is 74.4 Å². The highest BCUT2D eigenvalue weighted by atomic mass is 19.4. The molecule has 4 rings (SSSR count). The lowest BCUT2D eigenvalue weighted by Gasteiger charge is -2.32. The minimum absolute atomic E-state index is 0.00562. The molecule has 0 N–H and O–H groups in total. The fourth-order valence-electron chi connectivity index (χ4n) is 4.76. The van der Waals surface area contributed by atoms with Crippen molar-refractivity contribution in [2.45, 2.75) is 70.4 Å². The van der Waals surface area contributed by atoms with Gasteiger partial charge in [0, 0.05) is 49.5 Å². The van der Waals surface area contributed by atoms with Gasteiger partial charge in [0.2, 0.25) is 5.91 Å². The van der Waals surface area contributed by atoms with E-state index in [-0.39, 0.29) is 29.2 Å². The lowest BCUT2D eigenvalue weighted by atomic mass is 9.84. The molecule has 2 fully saturated rings. The summed E-state index contributed by atoms with van der Waals surface area (Å²) in [6, 6.07) is 2.64. The minimum Gasteiger partial charge on any atom is -0.343 e. The van der Waals surface area contributed by atoms with Crippen molar-refractivity contribution in [2.75, 3.05) is 13.1 Å². The van der Waals surface area contributed by atoms with Crippen molar-refractivity contribution in [1.82, 2.24) is 19.5 Å². The largest absolute Gasteiger partial charge is 0.433 e. The van der Waals surface area contributed by atoms with Gasteiger partial charge in [0.25, 0.3) is 0 Å². The maximum atomic E-state index is 13.5. The van der Waals surface area contributed by atoms with Gasteiger partial charge in [0.05, 0.1) is 5.69 Å². The third-order valence-electron chi connectivity index (χ3n) is 6.51. The summed E-state index contributed by atoms with van der Waals surface area (Å²) in [5.74, 6) is 0.175. The average molecular weight is 436 g/mol. The lowest BCUT2D eigenvalue weighted by Crippen LogP contribution is -2.38. The zero-order chi connectivity index (χ0) is 22.2. The highest BCUT2D eigenvalue weighted by molar-refractivity contribution is 5.83. The van der Waals surface area contributed by atoms with E-state index in [1.807, 2.05) is 0 Å². The molecule has 0 aromatic carbocycles. The number of aromatic nitrogens is 3. The van der Waals surface area contributed by atoms with Crippen molar-refractivity contribution in [2.24, 2.45) is 5.92 Å². The predicted octanol–water partition coefficient (Wildman–Crippen LogP) is 4.30. The number of carbonyl (C=O) groups is 2. The zero-order valence-electron chi connectivity index (χ0n) is 17.6. The van der Waals surface area contributed by atoms with Gasteiger partial charge in [-0.05, 0) is 45.1 Å². The normalized spacial score (nSPS) is 21.1. The number of aryl methyl sites for hydroxylation is 1. The van der Waals surface area contributed by atoms with Gasteiger partial charge < -0.3 is 4.90 Å². The summed E-state index contributed by atoms with van der Waals surface area (Å²) >= 11 is 0. The number of alkyl halides is 3. The van der Waals surface area contributed by atoms with Crippen LogP contribution in [0.15, 0.2) is 12.1 Å². The Morgan fingerprint density at radius 3 is 2.58 bits per heavy atom. The highest BCUT2D eigenvalue weighted by Crippen LogP contribution is 2.34. The van der Waals surface area contributed by atoms with E-state index in [0.717, 1.165) is 29.8 Å². The van der Waals surface area contributed by atoms with Crippen LogP contribution < -0.4 is 0 Å². The molecule has 0 radical (unpaired) electrons. The van der Waals surface area contributed by atoms with E-state index in [9.17, 15) is 22.8 Å². The molecular weight excluding hydrogens is 409 g/mol. The van der Waals surface area contributed by atoms with Crippen molar-refractivity contribution >= 4 is 17.3 Å². The molecule has 3 heterocycles. The van der Waals surface area contributed by atoms with Gasteiger partial charge in [-0.2, -0.15) is 18.3 Å². The molecule has 9 heteroatoms. The fourth-order valence-corrected chi connectivity index (χ4v) is 4.76. The number of fused-ring (bicyclic) bond motifs is 1. The molecule has 2 aromatic rings. The molecule has 1 aliphatic carbocycles. The maximum absolute atomic E-state index is 13.5. The number of Topliss-reactive ketones (excluding diaryl/α,β-unsaturated/α-hetero) is 1. The number of halogens is 3. The molecular formula is C22H27F3N4O2. The van der Waals surface area contributed by atoms with Crippen molar-refractivity contribution in [1.29, 1.82) is 0 Å². The quantitative estimate of drug-likeness (QED) is 0.717. The van der Waals surface area contributed by atoms with Crippen LogP contribution in [0.4, 0.5) is 13.2 Å². The fraction of sp³-hybridized carbons (Fsp3) is 0.636. The number of amides is 1. The summed E-state index contributed by atoms with van der Waals surface area (Å²) in [5, 5.41) is 3.92. The van der Waals surface area contributed by atoms with Crippen LogP contribution in [0, 0.1) is 12.8 Å². The predicted molar refractivity (Wildman–Crippen MR) is 107 cm³/mol. The number of piperidine rings is 1. The molecule has 168 valence electrons. The Bertz CT molecular complexity index is 977. The molecule has 1 unspecified atom stereocenters. The Kier molecular flexibility index (Phi) is 6.03. The maximum Gasteiger partial charge on any atom is 0.433 e. The number of nitrogens with zero attached hydrogens (tertiary/aromatic N) is 4. The van der Waals surface area contributed by atoms with Crippen LogP contribution in [-0.4, -0.2) is 44.3 Å². The van der Waals surface area contributed by atoms with Crippen molar-refractivity contribution in [3.05, 3.63) is 29.2 Å². The van der Waals surface area contributed by atoms with Gasteiger partial charge in [-0.15, -0.1) is 0 Å². The molecule has 2 aliphatic rings. The summed E-state index contributed by atoms with van der Waals surface area (Å²) in [4.78, 5) is 30.8. The van der Waals surface area contributed by atoms with E-state index in [1.165, 1.54) is 0 Å². The van der Waals surface area contributed by atoms with E-state index < -0.39 is 11.9 Å². The summed E-state index contributed by atoms with van der Waals surface area (Å²) in [6.07, 6.45) is 1.07. The Morgan fingerprint density at radius 2 is 1.90 bits per heavy atom. The third-order valence-corrected chi connectivity index (χ3v) is 6.51. The Labute approximate surface area is 178 Å². The SMILES string of the molecule is Cc1cc2nc(C3CCN(C(=O)CCC4CCCCC4=O)CC3)cc(C(F)(F)F)n2n1. The van der Waals surface area contributed by atoms with Gasteiger partial charge in [0.15, 0.2) is 5.65 Å². The summed E-state index contributed by atoms with van der Waals surface area (Å²) in [5.41, 5.74) is 0.251. The summed E-state index contributed by atoms with van der Waals surface area (Å²) in [6.45, 7) is 2.63. The first-order chi connectivity index (χ1) is 14.7. The van der Waals surface area contributed by atoms with Crippen molar-refractivity contribution in [3.63, 3.8) is 0 Å². The minimum atomic E-state index is -4.53. The molecule has 1 atom stereocenters. The van der Waals surface area contributed by atoms with Crippen molar-refractivity contribution < 1.29 is 22.8 Å². The lowest BCUT2D eigenvalue weighted by molar-refractivity contribution is -0.142. The third kappa shape index (κ3) is 4.75. The second-order valence-corrected chi connectivity index (χ2v) is 8.72. The molecule has 0 spiro atoms. The topological polar surface area (TPSA) is 67.6 Å². The second-order valence-electron chi connectivity index (χ2n) is 8.72. The Hall–Kier alpha value is -2.45. The van der Waals surface area contributed by atoms with Crippen LogP contribution >= 0.6 is 0 Å². The van der Waals surface area contributed by atoms with E-state index >= 15 is 0 Å². The number of carbonyl (C=O) groups excluding carboxylic acids is 2. The molecule has 31 heavy (non-hydrogen) atoms. The van der Waals surface area contributed by atoms with E-state index in [4.69, 9.17) is 0 Å². The first-order valence-electron chi connectivity index (χ1n) is 11.0. The Morgan fingerprint density at radius 1 is 1.16 bits per heavy atom. The molecule has 1 amide bonds. The Balaban J connectivity index is 1.40. The molecule has 6 nitrogen and oxygen atoms in total. The summed E-state index contributed by atoms with van der Waals surface area (Å²) < 4.78 is 41.5. The second kappa shape index (κ2) is 8.59. The summed E-state index contributed by atoms with van der Waals surface area (Å²) in [7, 11) is 0. The van der Waals surface area contributed by atoms with Gasteiger partial charge in [-0.1, -0.05) is 6.42 Å². The van der Waals surface area contributed by atoms with Gasteiger partial charge in [0.1, 0.15) is 11.5 Å². The highest BCUT2D eigenvalue weighted by Gasteiger charge is 2.36. The first kappa shape index (κ1) is 21.8. The molecule has 1 saturated carbocycles. The smallest absolute Gasteiger partial charge is 0.343 e. The van der Waals surface area contributed by atoms with Crippen LogP contribution in [-0.2, 0) is 15.8 Å². The molecule has 1 saturated heterocycles. The van der Waals surface area contributed by atoms with E-state index in [2.05, 4.69) is 10.1 Å². The first-order valence-corrected chi connectivity index (χ1v) is 11.0. The van der Waals surface area contributed by atoms with Gasteiger partial charge in [-0.3, -0.25) is 9.59 Å². The monoisotopic (exact) mass is 436 g/mol. The average Bonchev–Trinajstić information content (AvgIpc) is 3.11. The number of likely N-dealkylation sites (tertiary alicyclic amines) is 1. The van der Waals surface area contributed by atoms with Crippen LogP contribution in [0.3, 0.4) is 0 Å². The van der Waals surface area contributed by atoms with Gasteiger partial charge in [-0.25, -0.2) is 9.50 Å². The number of hydrogen-bond acceptors (Lipinski definition) is 4. The van der Waals surface area contributed by atoms with E-state index in [1.54, 1.807) is 17.9 Å². The number of ketones is 1. The zero-order valence-corrected chi connectivity index (χ0v) is 17.6. The van der Waals surface area contributed by atoms with Crippen molar-refractivity contribution in [3.8, 4) is 0 Å². The number of rotatable bonds is 4. The van der Waals surface area contributed by atoms with E-state index in [0.29, 0.717) is 56.6 Å². The van der Waals surface area contributed by atoms with Gasteiger partial charge >= 0.3 is 6.18 Å². The standard InChI is InChI=1S/C22H27F3N4O2/c1-14-12-20-26-17(13-19(22(23,24)25)29(20)27-14)15-8-10-28(11-9-15)21(31)7-6-16-4-2-3-5-18(16)30/h12-13,15-16H,2-11H2,1H3. The van der Waals surface area contributed by atoms with Crippen LogP contribution in [0.2, 0.25) is 0 Å². The van der Waals surface area contributed by atoms with Crippen LogP contribution in [0.25, 0.3) is 5.65 Å². The molecule has 1 aliphatic heterocycles. The number of hydrogen-bond donors (Lipinski definition) is 0. The molecule has 2 aromatic heterocycles. The van der Waals surface area contributed by atoms with Crippen LogP contribution in [0.5, 0.6) is 0 Å².